The highest BCUT2D eigenvalue weighted by Crippen LogP contribution is 2.34. The summed E-state index contributed by atoms with van der Waals surface area (Å²) in [5.74, 6) is 1.72. The molecule has 3 heterocycles. The van der Waals surface area contributed by atoms with Gasteiger partial charge in [0.05, 0.1) is 12.2 Å². The van der Waals surface area contributed by atoms with Gasteiger partial charge in [-0.15, -0.1) is 0 Å². The van der Waals surface area contributed by atoms with Crippen LogP contribution in [0, 0.1) is 0 Å². The lowest BCUT2D eigenvalue weighted by atomic mass is 10.2. The molecule has 0 bridgehead atoms. The Morgan fingerprint density at radius 3 is 2.81 bits per heavy atom. The fourth-order valence-corrected chi connectivity index (χ4v) is 3.93. The second-order valence-corrected chi connectivity index (χ2v) is 8.48. The number of carbonyl (C=O) groups is 1. The molecule has 1 fully saturated rings. The van der Waals surface area contributed by atoms with Crippen LogP contribution >= 0.6 is 15.9 Å². The zero-order chi connectivity index (χ0) is 19.8. The molecule has 0 spiro atoms. The topological polar surface area (TPSA) is 83.8 Å². The van der Waals surface area contributed by atoms with Crippen molar-refractivity contribution in [2.45, 2.75) is 52.2 Å². The molecule has 9 heteroatoms. The molecule has 0 radical (unpaired) electrons. The lowest BCUT2D eigenvalue weighted by Crippen LogP contribution is -2.40. The average molecular weight is 439 g/mol. The van der Waals surface area contributed by atoms with Crippen molar-refractivity contribution in [2.24, 2.45) is 0 Å². The van der Waals surface area contributed by atoms with Crippen LogP contribution in [0.3, 0.4) is 0 Å². The Hall–Kier alpha value is -2.03. The molecule has 2 aromatic rings. The fraction of sp³-hybridized carbons (Fsp3) is 0.611. The first-order valence-electron chi connectivity index (χ1n) is 9.21. The van der Waals surface area contributed by atoms with Crippen molar-refractivity contribution in [2.75, 3.05) is 30.4 Å². The van der Waals surface area contributed by atoms with Gasteiger partial charge in [-0.25, -0.2) is 9.78 Å². The molecule has 0 aromatic carbocycles. The minimum atomic E-state index is -0.502. The van der Waals surface area contributed by atoms with Crippen molar-refractivity contribution >= 4 is 39.3 Å². The van der Waals surface area contributed by atoms with E-state index in [0.29, 0.717) is 6.54 Å². The zero-order valence-electron chi connectivity index (χ0n) is 16.5. The Kier molecular flexibility index (Phi) is 5.50. The summed E-state index contributed by atoms with van der Waals surface area (Å²) in [7, 11) is 1.87. The van der Waals surface area contributed by atoms with Gasteiger partial charge >= 0.3 is 6.09 Å². The van der Waals surface area contributed by atoms with E-state index in [0.717, 1.165) is 46.7 Å². The summed E-state index contributed by atoms with van der Waals surface area (Å²) in [4.78, 5) is 19.1. The number of carbonyl (C=O) groups excluding carboxylic acids is 1. The van der Waals surface area contributed by atoms with E-state index < -0.39 is 5.60 Å². The van der Waals surface area contributed by atoms with E-state index in [1.807, 2.05) is 38.5 Å². The van der Waals surface area contributed by atoms with Crippen LogP contribution in [-0.4, -0.2) is 52.5 Å². The molecule has 3 rings (SSSR count). The van der Waals surface area contributed by atoms with Gasteiger partial charge < -0.3 is 20.3 Å². The number of amides is 1. The van der Waals surface area contributed by atoms with E-state index >= 15 is 0 Å². The number of rotatable bonds is 4. The molecule has 0 unspecified atom stereocenters. The van der Waals surface area contributed by atoms with Gasteiger partial charge in [-0.2, -0.15) is 9.61 Å². The summed E-state index contributed by atoms with van der Waals surface area (Å²) in [6.45, 7) is 9.16. The predicted octanol–water partition coefficient (Wildman–Crippen LogP) is 3.20. The number of alkyl carbamates (subject to hydrolysis) is 1. The number of aromatic nitrogens is 3. The van der Waals surface area contributed by atoms with Crippen LogP contribution < -0.4 is 15.5 Å². The molecule has 8 nitrogen and oxygen atoms in total. The Bertz CT molecular complexity index is 844. The van der Waals surface area contributed by atoms with Crippen LogP contribution in [0.15, 0.2) is 10.7 Å². The van der Waals surface area contributed by atoms with Gasteiger partial charge in [-0.1, -0.05) is 6.92 Å². The van der Waals surface area contributed by atoms with E-state index in [2.05, 4.69) is 43.5 Å². The standard InChI is InChI=1S/C18H27BrN6O2/c1-6-11-9-21-25-14(11)23-16(13(19)15(25)20-5)24-8-7-12(10-24)22-17(26)27-18(2,3)4/h9,12,20H,6-8,10H2,1-5H3,(H,22,26)/t12-/m0/s1. The lowest BCUT2D eigenvalue weighted by molar-refractivity contribution is 0.0509. The molecule has 1 amide bonds. The molecule has 148 valence electrons. The highest BCUT2D eigenvalue weighted by molar-refractivity contribution is 9.10. The minimum absolute atomic E-state index is 0.0263. The van der Waals surface area contributed by atoms with E-state index in [1.165, 1.54) is 0 Å². The molecule has 0 aliphatic carbocycles. The quantitative estimate of drug-likeness (QED) is 0.762. The summed E-state index contributed by atoms with van der Waals surface area (Å²) < 4.78 is 8.04. The minimum Gasteiger partial charge on any atom is -0.444 e. The van der Waals surface area contributed by atoms with Crippen LogP contribution in [0.1, 0.15) is 39.7 Å². The molecule has 1 aliphatic heterocycles. The monoisotopic (exact) mass is 438 g/mol. The van der Waals surface area contributed by atoms with E-state index in [9.17, 15) is 4.79 Å². The maximum absolute atomic E-state index is 12.1. The Morgan fingerprint density at radius 2 is 2.19 bits per heavy atom. The molecule has 1 atom stereocenters. The van der Waals surface area contributed by atoms with Crippen molar-refractivity contribution in [3.8, 4) is 0 Å². The maximum atomic E-state index is 12.1. The molecular formula is C18H27BrN6O2. The number of anilines is 2. The summed E-state index contributed by atoms with van der Waals surface area (Å²) in [6, 6.07) is 0.0263. The fourth-order valence-electron chi connectivity index (χ4n) is 3.23. The van der Waals surface area contributed by atoms with Gasteiger partial charge in [-0.3, -0.25) is 0 Å². The third kappa shape index (κ3) is 4.12. The molecule has 27 heavy (non-hydrogen) atoms. The number of fused-ring (bicyclic) bond motifs is 1. The molecular weight excluding hydrogens is 412 g/mol. The number of ether oxygens (including phenoxy) is 1. The van der Waals surface area contributed by atoms with E-state index in [1.54, 1.807) is 0 Å². The Morgan fingerprint density at radius 1 is 1.44 bits per heavy atom. The Balaban J connectivity index is 1.82. The number of aryl methyl sites for hydroxylation is 1. The summed E-state index contributed by atoms with van der Waals surface area (Å²) >= 11 is 3.67. The van der Waals surface area contributed by atoms with Crippen LogP contribution in [0.25, 0.3) is 5.65 Å². The van der Waals surface area contributed by atoms with Crippen molar-refractivity contribution < 1.29 is 9.53 Å². The van der Waals surface area contributed by atoms with Crippen LogP contribution in [-0.2, 0) is 11.2 Å². The number of hydrogen-bond donors (Lipinski definition) is 2. The molecule has 1 aliphatic rings. The van der Waals surface area contributed by atoms with E-state index in [4.69, 9.17) is 9.72 Å². The van der Waals surface area contributed by atoms with Gasteiger partial charge in [0, 0.05) is 25.7 Å². The number of halogens is 1. The first kappa shape index (κ1) is 19.7. The maximum Gasteiger partial charge on any atom is 0.407 e. The molecule has 2 aromatic heterocycles. The summed E-state index contributed by atoms with van der Waals surface area (Å²) in [5.41, 5.74) is 1.45. The first-order valence-corrected chi connectivity index (χ1v) is 10.0. The van der Waals surface area contributed by atoms with Gasteiger partial charge in [0.15, 0.2) is 5.65 Å². The summed E-state index contributed by atoms with van der Waals surface area (Å²) in [6.07, 6.45) is 3.18. The zero-order valence-corrected chi connectivity index (χ0v) is 18.1. The molecule has 2 N–H and O–H groups in total. The van der Waals surface area contributed by atoms with Crippen molar-refractivity contribution in [3.63, 3.8) is 0 Å². The third-order valence-corrected chi connectivity index (χ3v) is 5.20. The normalized spacial score (nSPS) is 17.4. The lowest BCUT2D eigenvalue weighted by Gasteiger charge is -2.23. The van der Waals surface area contributed by atoms with E-state index in [-0.39, 0.29) is 12.1 Å². The molecule has 0 saturated carbocycles. The second kappa shape index (κ2) is 7.53. The largest absolute Gasteiger partial charge is 0.444 e. The van der Waals surface area contributed by atoms with Gasteiger partial charge in [0.2, 0.25) is 0 Å². The average Bonchev–Trinajstić information content (AvgIpc) is 3.18. The second-order valence-electron chi connectivity index (χ2n) is 7.68. The van der Waals surface area contributed by atoms with Crippen LogP contribution in [0.4, 0.5) is 16.4 Å². The van der Waals surface area contributed by atoms with Crippen molar-refractivity contribution in [1.82, 2.24) is 19.9 Å². The van der Waals surface area contributed by atoms with Gasteiger partial charge in [-0.05, 0) is 49.5 Å². The highest BCUT2D eigenvalue weighted by atomic mass is 79.9. The first-order chi connectivity index (χ1) is 12.7. The van der Waals surface area contributed by atoms with Gasteiger partial charge in [0.25, 0.3) is 0 Å². The van der Waals surface area contributed by atoms with Crippen LogP contribution in [0.5, 0.6) is 0 Å². The third-order valence-electron chi connectivity index (χ3n) is 4.47. The Labute approximate surface area is 167 Å². The summed E-state index contributed by atoms with van der Waals surface area (Å²) in [5, 5.41) is 10.6. The van der Waals surface area contributed by atoms with Crippen molar-refractivity contribution in [3.05, 3.63) is 16.2 Å². The number of nitrogens with one attached hydrogen (secondary N) is 2. The SMILES string of the molecule is CCc1cnn2c(NC)c(Br)c(N3CC[C@H](NC(=O)OC(C)(C)C)C3)nc12. The van der Waals surface area contributed by atoms with Crippen molar-refractivity contribution in [1.29, 1.82) is 0 Å². The number of nitrogens with zero attached hydrogens (tertiary/aromatic N) is 4. The smallest absolute Gasteiger partial charge is 0.407 e. The molecule has 1 saturated heterocycles. The van der Waals surface area contributed by atoms with Gasteiger partial charge in [0.1, 0.15) is 21.7 Å². The highest BCUT2D eigenvalue weighted by Gasteiger charge is 2.29. The predicted molar refractivity (Wildman–Crippen MR) is 110 cm³/mol. The number of hydrogen-bond acceptors (Lipinski definition) is 6. The van der Waals surface area contributed by atoms with Crippen LogP contribution in [0.2, 0.25) is 0 Å².